The number of hydrogen-bond acceptors (Lipinski definition) is 3. The highest BCUT2D eigenvalue weighted by atomic mass is 16.5. The van der Waals surface area contributed by atoms with Gasteiger partial charge in [-0.2, -0.15) is 5.10 Å². The molecule has 1 N–H and O–H groups in total. The van der Waals surface area contributed by atoms with E-state index in [1.165, 1.54) is 12.8 Å². The average molecular weight is 274 g/mol. The van der Waals surface area contributed by atoms with Gasteiger partial charge in [-0.05, 0) is 38.2 Å². The smallest absolute Gasteiger partial charge is 0.0988 e. The SMILES string of the molecule is Cn1nc(C(O)CCCC2CCCO2)c2ccccc21. The standard InChI is InChI=1S/C16H22N2O2/c1-18-14-9-3-2-8-13(14)16(17-18)15(19)10-4-6-12-7-5-11-20-12/h2-3,8-9,12,15,19H,4-7,10-11H2,1H3. The van der Waals surface area contributed by atoms with Gasteiger partial charge in [0.25, 0.3) is 0 Å². The third-order valence-electron chi connectivity index (χ3n) is 4.13. The lowest BCUT2D eigenvalue weighted by Crippen LogP contribution is -2.06. The molecule has 108 valence electrons. The van der Waals surface area contributed by atoms with Crippen molar-refractivity contribution in [3.05, 3.63) is 30.0 Å². The van der Waals surface area contributed by atoms with E-state index >= 15 is 0 Å². The van der Waals surface area contributed by atoms with Gasteiger partial charge in [-0.3, -0.25) is 4.68 Å². The average Bonchev–Trinajstić information content (AvgIpc) is 3.08. The van der Waals surface area contributed by atoms with E-state index in [0.29, 0.717) is 6.10 Å². The lowest BCUT2D eigenvalue weighted by molar-refractivity contribution is 0.0940. The molecule has 2 atom stereocenters. The molecule has 4 heteroatoms. The topological polar surface area (TPSA) is 47.3 Å². The minimum absolute atomic E-state index is 0.405. The van der Waals surface area contributed by atoms with Gasteiger partial charge in [0, 0.05) is 19.0 Å². The molecule has 1 aromatic heterocycles. The molecule has 1 saturated heterocycles. The molecule has 2 unspecified atom stereocenters. The summed E-state index contributed by atoms with van der Waals surface area (Å²) in [5.41, 5.74) is 1.87. The maximum Gasteiger partial charge on any atom is 0.0988 e. The lowest BCUT2D eigenvalue weighted by Gasteiger charge is -2.11. The Hall–Kier alpha value is -1.39. The van der Waals surface area contributed by atoms with Crippen LogP contribution in [0, 0.1) is 0 Å². The summed E-state index contributed by atoms with van der Waals surface area (Å²) in [5, 5.41) is 15.9. The van der Waals surface area contributed by atoms with Gasteiger partial charge in [0.1, 0.15) is 0 Å². The monoisotopic (exact) mass is 274 g/mol. The number of fused-ring (bicyclic) bond motifs is 1. The summed E-state index contributed by atoms with van der Waals surface area (Å²) in [4.78, 5) is 0. The Bertz CT molecular complexity index is 573. The van der Waals surface area contributed by atoms with E-state index in [0.717, 1.165) is 42.5 Å². The first-order valence-corrected chi connectivity index (χ1v) is 7.47. The second-order valence-electron chi connectivity index (χ2n) is 5.61. The number of aromatic nitrogens is 2. The van der Waals surface area contributed by atoms with E-state index in [9.17, 15) is 5.11 Å². The molecule has 20 heavy (non-hydrogen) atoms. The summed E-state index contributed by atoms with van der Waals surface area (Å²) in [6, 6.07) is 8.05. The van der Waals surface area contributed by atoms with Crippen molar-refractivity contribution in [2.75, 3.05) is 6.61 Å². The minimum Gasteiger partial charge on any atom is -0.387 e. The lowest BCUT2D eigenvalue weighted by atomic mass is 10.0. The molecule has 0 saturated carbocycles. The van der Waals surface area contributed by atoms with Crippen LogP contribution in [-0.2, 0) is 11.8 Å². The van der Waals surface area contributed by atoms with Crippen molar-refractivity contribution in [3.63, 3.8) is 0 Å². The third kappa shape index (κ3) is 2.72. The van der Waals surface area contributed by atoms with Crippen LogP contribution in [0.25, 0.3) is 10.9 Å². The van der Waals surface area contributed by atoms with Crippen LogP contribution in [0.1, 0.15) is 43.9 Å². The number of aliphatic hydroxyl groups excluding tert-OH is 1. The second kappa shape index (κ2) is 5.94. The number of nitrogens with zero attached hydrogens (tertiary/aromatic N) is 2. The summed E-state index contributed by atoms with van der Waals surface area (Å²) < 4.78 is 7.45. The van der Waals surface area contributed by atoms with Crippen molar-refractivity contribution in [2.24, 2.45) is 7.05 Å². The van der Waals surface area contributed by atoms with Crippen LogP contribution in [0.15, 0.2) is 24.3 Å². The first-order valence-electron chi connectivity index (χ1n) is 7.47. The van der Waals surface area contributed by atoms with E-state index in [4.69, 9.17) is 4.74 Å². The molecule has 1 fully saturated rings. The van der Waals surface area contributed by atoms with Gasteiger partial charge < -0.3 is 9.84 Å². The number of aryl methyl sites for hydroxylation is 1. The van der Waals surface area contributed by atoms with Crippen LogP contribution in [0.3, 0.4) is 0 Å². The highest BCUT2D eigenvalue weighted by Gasteiger charge is 2.19. The summed E-state index contributed by atoms with van der Waals surface area (Å²) >= 11 is 0. The number of aliphatic hydroxyl groups is 1. The Kier molecular flexibility index (Phi) is 4.03. The van der Waals surface area contributed by atoms with Crippen LogP contribution in [0.4, 0.5) is 0 Å². The molecule has 2 aromatic rings. The maximum absolute atomic E-state index is 10.4. The molecule has 1 aliphatic heterocycles. The van der Waals surface area contributed by atoms with Crippen molar-refractivity contribution in [3.8, 4) is 0 Å². The zero-order valence-electron chi connectivity index (χ0n) is 12.0. The number of para-hydroxylation sites is 1. The number of benzene rings is 1. The fraction of sp³-hybridized carbons (Fsp3) is 0.562. The van der Waals surface area contributed by atoms with Gasteiger partial charge in [-0.25, -0.2) is 0 Å². The summed E-state index contributed by atoms with van der Waals surface area (Å²) in [5.74, 6) is 0. The summed E-state index contributed by atoms with van der Waals surface area (Å²) in [6.07, 6.45) is 5.05. The molecule has 0 radical (unpaired) electrons. The van der Waals surface area contributed by atoms with Crippen molar-refractivity contribution in [1.29, 1.82) is 0 Å². The minimum atomic E-state index is -0.484. The first kappa shape index (κ1) is 13.6. The summed E-state index contributed by atoms with van der Waals surface area (Å²) in [6.45, 7) is 0.901. The van der Waals surface area contributed by atoms with Gasteiger partial charge in [-0.15, -0.1) is 0 Å². The highest BCUT2D eigenvalue weighted by Crippen LogP contribution is 2.27. The molecule has 1 aromatic carbocycles. The number of hydrogen-bond donors (Lipinski definition) is 1. The van der Waals surface area contributed by atoms with Gasteiger partial charge >= 0.3 is 0 Å². The second-order valence-corrected chi connectivity index (χ2v) is 5.61. The molecule has 2 heterocycles. The van der Waals surface area contributed by atoms with Gasteiger partial charge in [-0.1, -0.05) is 18.2 Å². The Morgan fingerprint density at radius 3 is 3.10 bits per heavy atom. The quantitative estimate of drug-likeness (QED) is 0.912. The van der Waals surface area contributed by atoms with Crippen molar-refractivity contribution >= 4 is 10.9 Å². The molecule has 0 amide bonds. The Balaban J connectivity index is 1.64. The van der Waals surface area contributed by atoms with Crippen LogP contribution in [-0.4, -0.2) is 27.6 Å². The largest absolute Gasteiger partial charge is 0.387 e. The molecule has 3 rings (SSSR count). The van der Waals surface area contributed by atoms with E-state index in [1.54, 1.807) is 0 Å². The fourth-order valence-electron chi connectivity index (χ4n) is 3.04. The van der Waals surface area contributed by atoms with Crippen LogP contribution in [0.2, 0.25) is 0 Å². The van der Waals surface area contributed by atoms with Gasteiger partial charge in [0.05, 0.1) is 23.4 Å². The van der Waals surface area contributed by atoms with E-state index in [1.807, 2.05) is 36.0 Å². The highest BCUT2D eigenvalue weighted by molar-refractivity contribution is 5.82. The Morgan fingerprint density at radius 2 is 2.30 bits per heavy atom. The number of rotatable bonds is 5. The third-order valence-corrected chi connectivity index (χ3v) is 4.13. The molecule has 1 aliphatic rings. The maximum atomic E-state index is 10.4. The van der Waals surface area contributed by atoms with E-state index < -0.39 is 6.10 Å². The van der Waals surface area contributed by atoms with Gasteiger partial charge in [0.2, 0.25) is 0 Å². The van der Waals surface area contributed by atoms with Crippen molar-refractivity contribution in [1.82, 2.24) is 9.78 Å². The van der Waals surface area contributed by atoms with Crippen LogP contribution >= 0.6 is 0 Å². The molecule has 0 bridgehead atoms. The molecule has 4 nitrogen and oxygen atoms in total. The zero-order chi connectivity index (χ0) is 13.9. The van der Waals surface area contributed by atoms with Crippen LogP contribution in [0.5, 0.6) is 0 Å². The fourth-order valence-corrected chi connectivity index (χ4v) is 3.04. The first-order chi connectivity index (χ1) is 9.75. The van der Waals surface area contributed by atoms with Crippen LogP contribution < -0.4 is 0 Å². The predicted molar refractivity (Wildman–Crippen MR) is 78.5 cm³/mol. The molecular formula is C16H22N2O2. The number of ether oxygens (including phenoxy) is 1. The zero-order valence-corrected chi connectivity index (χ0v) is 12.0. The van der Waals surface area contributed by atoms with E-state index in [-0.39, 0.29) is 0 Å². The van der Waals surface area contributed by atoms with E-state index in [2.05, 4.69) is 5.10 Å². The van der Waals surface area contributed by atoms with Gasteiger partial charge in [0.15, 0.2) is 0 Å². The predicted octanol–water partition coefficient (Wildman–Crippen LogP) is 2.96. The Morgan fingerprint density at radius 1 is 1.45 bits per heavy atom. The molecule has 0 spiro atoms. The summed E-state index contributed by atoms with van der Waals surface area (Å²) in [7, 11) is 1.92. The normalized spacial score (nSPS) is 20.6. The Labute approximate surface area is 119 Å². The molecule has 0 aliphatic carbocycles. The molecular weight excluding hydrogens is 252 g/mol. The van der Waals surface area contributed by atoms with Crippen molar-refractivity contribution in [2.45, 2.75) is 44.3 Å². The van der Waals surface area contributed by atoms with Crippen molar-refractivity contribution < 1.29 is 9.84 Å².